The fourth-order valence-corrected chi connectivity index (χ4v) is 10.2. The minimum atomic E-state index is -0.410. The van der Waals surface area contributed by atoms with E-state index in [-0.39, 0.29) is 47.3 Å². The maximum absolute atomic E-state index is 13.6. The molecule has 5 aromatic rings. The first kappa shape index (κ1) is 56.1. The minimum absolute atomic E-state index is 0.0110. The van der Waals surface area contributed by atoms with Crippen molar-refractivity contribution < 1.29 is 43.0 Å². The summed E-state index contributed by atoms with van der Waals surface area (Å²) in [5.74, 6) is 2.37. The van der Waals surface area contributed by atoms with Crippen molar-refractivity contribution in [1.82, 2.24) is 5.32 Å². The van der Waals surface area contributed by atoms with E-state index in [9.17, 15) is 28.8 Å². The number of carbonyl (C=O) groups is 6. The lowest BCUT2D eigenvalue weighted by molar-refractivity contribution is -0.127. The number of nitrogens with zero attached hydrogens (tertiary/aromatic N) is 3. The van der Waals surface area contributed by atoms with Crippen LogP contribution in [-0.2, 0) is 45.0 Å². The number of ketones is 2. The molecular weight excluding hydrogens is 959 g/mol. The number of para-hydroxylation sites is 2. The van der Waals surface area contributed by atoms with Crippen molar-refractivity contribution in [3.63, 3.8) is 0 Å². The number of amides is 4. The van der Waals surface area contributed by atoms with Gasteiger partial charge < -0.3 is 29.7 Å². The molecule has 0 bridgehead atoms. The summed E-state index contributed by atoms with van der Waals surface area (Å²) < 4.78 is 17.4. The Hall–Kier alpha value is -7.61. The first-order valence-corrected chi connectivity index (χ1v) is 26.7. The van der Waals surface area contributed by atoms with E-state index in [1.165, 1.54) is 18.1 Å². The van der Waals surface area contributed by atoms with Crippen LogP contribution in [0.3, 0.4) is 0 Å². The molecule has 4 aliphatic heterocycles. The second-order valence-corrected chi connectivity index (χ2v) is 20.4. The lowest BCUT2D eigenvalue weighted by Gasteiger charge is -2.23. The number of fused-ring (bicyclic) bond motifs is 8. The summed E-state index contributed by atoms with van der Waals surface area (Å²) >= 11 is 0. The van der Waals surface area contributed by atoms with E-state index in [1.54, 1.807) is 14.0 Å². The number of ether oxygens (including phenoxy) is 3. The number of aryl methyl sites for hydroxylation is 3. The van der Waals surface area contributed by atoms with E-state index in [1.807, 2.05) is 136 Å². The van der Waals surface area contributed by atoms with Crippen molar-refractivity contribution in [2.24, 2.45) is 10.9 Å². The van der Waals surface area contributed by atoms with Gasteiger partial charge in [0.1, 0.15) is 18.1 Å². The zero-order valence-corrected chi connectivity index (χ0v) is 45.5. The Bertz CT molecular complexity index is 3000. The van der Waals surface area contributed by atoms with Crippen LogP contribution in [0.2, 0.25) is 0 Å². The molecule has 14 nitrogen and oxygen atoms in total. The van der Waals surface area contributed by atoms with Crippen molar-refractivity contribution in [3.05, 3.63) is 136 Å². The molecular formula is C62H73N5O9. The summed E-state index contributed by atoms with van der Waals surface area (Å²) in [6.07, 6.45) is 8.72. The van der Waals surface area contributed by atoms with Gasteiger partial charge in [-0.3, -0.25) is 38.7 Å². The number of benzene rings is 5. The summed E-state index contributed by atoms with van der Waals surface area (Å²) in [5.41, 5.74) is 11.1. The van der Waals surface area contributed by atoms with Gasteiger partial charge in [0, 0.05) is 80.0 Å². The molecule has 0 fully saturated rings. The summed E-state index contributed by atoms with van der Waals surface area (Å²) in [6.45, 7) is 15.8. The SMILES string of the molecule is CCC(=O)CCCCC(=O)N[C@@H](C)C(=O)CC(C)C.CCOc1cc2c(cc1C)C(=O)N1c3ccccc3C[C@H]1C=N2.COc1cc2c(cc1OCc1cc(C)cc(NC(C)=O)c1)CC[C@@H]1Cc3ccccc3N1C2=O. The molecule has 0 radical (unpaired) electrons. The summed E-state index contributed by atoms with van der Waals surface area (Å²) in [6, 6.07) is 29.4. The largest absolute Gasteiger partial charge is 0.494 e. The Balaban J connectivity index is 0.000000175. The molecule has 0 unspecified atom stereocenters. The number of hydrogen-bond acceptors (Lipinski definition) is 10. The Morgan fingerprint density at radius 3 is 2.12 bits per heavy atom. The predicted octanol–water partition coefficient (Wildman–Crippen LogP) is 11.4. The van der Waals surface area contributed by atoms with Gasteiger partial charge in [0.05, 0.1) is 37.1 Å². The first-order chi connectivity index (χ1) is 36.5. The molecule has 0 aromatic heterocycles. The Labute approximate surface area is 447 Å². The van der Waals surface area contributed by atoms with Gasteiger partial charge in [-0.2, -0.15) is 0 Å². The topological polar surface area (TPSA) is 173 Å². The van der Waals surface area contributed by atoms with Crippen LogP contribution in [0.15, 0.2) is 96.0 Å². The van der Waals surface area contributed by atoms with Gasteiger partial charge >= 0.3 is 0 Å². The lowest BCUT2D eigenvalue weighted by Crippen LogP contribution is -2.38. The normalized spacial score (nSPS) is 15.9. The summed E-state index contributed by atoms with van der Waals surface area (Å²) in [4.78, 5) is 80.9. The predicted molar refractivity (Wildman–Crippen MR) is 299 cm³/mol. The van der Waals surface area contributed by atoms with Crippen molar-refractivity contribution >= 4 is 64.2 Å². The molecule has 0 aliphatic carbocycles. The molecule has 2 N–H and O–H groups in total. The maximum Gasteiger partial charge on any atom is 0.261 e. The van der Waals surface area contributed by atoms with Crippen LogP contribution >= 0.6 is 0 Å². The Morgan fingerprint density at radius 1 is 0.750 bits per heavy atom. The van der Waals surface area contributed by atoms with E-state index < -0.39 is 6.04 Å². The van der Waals surface area contributed by atoms with Crippen molar-refractivity contribution in [2.75, 3.05) is 28.8 Å². The first-order valence-electron chi connectivity index (χ1n) is 26.7. The van der Waals surface area contributed by atoms with E-state index >= 15 is 0 Å². The van der Waals surface area contributed by atoms with Crippen LogP contribution in [0.5, 0.6) is 17.2 Å². The fourth-order valence-electron chi connectivity index (χ4n) is 10.2. The van der Waals surface area contributed by atoms with Crippen LogP contribution < -0.4 is 34.6 Å². The second kappa shape index (κ2) is 25.8. The van der Waals surface area contributed by atoms with E-state index in [0.29, 0.717) is 79.5 Å². The highest BCUT2D eigenvalue weighted by Crippen LogP contribution is 2.42. The molecule has 5 aromatic carbocycles. The third kappa shape index (κ3) is 13.8. The van der Waals surface area contributed by atoms with E-state index in [4.69, 9.17) is 14.2 Å². The quantitative estimate of drug-likeness (QED) is 0.0860. The van der Waals surface area contributed by atoms with Gasteiger partial charge in [0.25, 0.3) is 11.8 Å². The van der Waals surface area contributed by atoms with E-state index in [0.717, 1.165) is 77.2 Å². The third-order valence-electron chi connectivity index (χ3n) is 13.9. The maximum atomic E-state index is 13.6. The van der Waals surface area contributed by atoms with Gasteiger partial charge in [0.2, 0.25) is 11.8 Å². The average molecular weight is 1030 g/mol. The van der Waals surface area contributed by atoms with Gasteiger partial charge in [-0.1, -0.05) is 63.2 Å². The fraction of sp³-hybridized carbons (Fsp3) is 0.403. The number of Topliss-reactive ketones (excluding diaryl/α,β-unsaturated/α-hetero) is 2. The number of unbranched alkanes of at least 4 members (excludes halogenated alkanes) is 1. The highest BCUT2D eigenvalue weighted by molar-refractivity contribution is 6.14. The van der Waals surface area contributed by atoms with E-state index in [2.05, 4.69) is 27.8 Å². The molecule has 4 heterocycles. The molecule has 76 heavy (non-hydrogen) atoms. The Morgan fingerprint density at radius 2 is 1.43 bits per heavy atom. The zero-order chi connectivity index (χ0) is 54.6. The molecule has 3 atom stereocenters. The molecule has 9 rings (SSSR count). The van der Waals surface area contributed by atoms with Gasteiger partial charge in [-0.15, -0.1) is 0 Å². The van der Waals surface area contributed by atoms with Crippen molar-refractivity contribution in [2.45, 2.75) is 144 Å². The van der Waals surface area contributed by atoms with Crippen LogP contribution in [0, 0.1) is 19.8 Å². The van der Waals surface area contributed by atoms with Gasteiger partial charge in [-0.25, -0.2) is 0 Å². The number of nitrogens with one attached hydrogen (secondary N) is 2. The second-order valence-electron chi connectivity index (χ2n) is 20.4. The van der Waals surface area contributed by atoms with Crippen LogP contribution in [0.4, 0.5) is 22.7 Å². The number of aliphatic imine (C=N–C) groups is 1. The van der Waals surface area contributed by atoms with Gasteiger partial charge in [0.15, 0.2) is 17.3 Å². The summed E-state index contributed by atoms with van der Waals surface area (Å²) in [7, 11) is 1.59. The minimum Gasteiger partial charge on any atom is -0.494 e. The smallest absolute Gasteiger partial charge is 0.261 e. The third-order valence-corrected chi connectivity index (χ3v) is 13.9. The number of rotatable bonds is 17. The standard InChI is InChI=1S/C28H28N2O4.C19H18N2O2.C15H27NO3/c1-17-10-19(12-22(11-17)29-18(2)31)16-34-27-14-20-8-9-23-13-21-6-4-5-7-25(21)30(23)28(32)24(20)15-26(27)33-3;1-3-23-18-10-16-15(8-12(18)2)19(22)21-14(11-20-16)9-13-6-4-5-7-17(13)21;1-5-13(17)8-6-7-9-15(19)16-12(4)14(18)10-11(2)3/h4-7,10-12,14-15,23H,8-9,13,16H2,1-3H3,(H,29,31);4-8,10-11,14H,3,9H2,1-2H3;11-12H,5-10H2,1-4H3,(H,16,19)/t23-;14-;12-/m100/s1. The lowest BCUT2D eigenvalue weighted by atomic mass is 9.99. The average Bonchev–Trinajstić information content (AvgIpc) is 3.89. The molecule has 4 aliphatic rings. The molecule has 0 spiro atoms. The van der Waals surface area contributed by atoms with Crippen LogP contribution in [0.25, 0.3) is 0 Å². The number of anilines is 3. The zero-order valence-electron chi connectivity index (χ0n) is 45.5. The molecule has 0 saturated carbocycles. The van der Waals surface area contributed by atoms with Crippen LogP contribution in [-0.4, -0.2) is 73.3 Å². The number of hydrogen-bond donors (Lipinski definition) is 2. The molecule has 14 heteroatoms. The number of carbonyl (C=O) groups excluding carboxylic acids is 6. The highest BCUT2D eigenvalue weighted by Gasteiger charge is 2.38. The molecule has 4 amide bonds. The number of methoxy groups -OCH3 is 1. The summed E-state index contributed by atoms with van der Waals surface area (Å²) in [5, 5.41) is 5.54. The van der Waals surface area contributed by atoms with Crippen molar-refractivity contribution in [3.8, 4) is 17.2 Å². The highest BCUT2D eigenvalue weighted by atomic mass is 16.5. The molecule has 400 valence electrons. The Kier molecular flexibility index (Phi) is 19.0. The van der Waals surface area contributed by atoms with Gasteiger partial charge in [-0.05, 0) is 142 Å². The monoisotopic (exact) mass is 1030 g/mol. The molecule has 0 saturated heterocycles. The van der Waals surface area contributed by atoms with Crippen LogP contribution in [0.1, 0.15) is 141 Å². The van der Waals surface area contributed by atoms with Crippen molar-refractivity contribution in [1.29, 1.82) is 0 Å².